The number of aryl methyl sites for hydroxylation is 2. The van der Waals surface area contributed by atoms with E-state index < -0.39 is 5.97 Å². The minimum atomic E-state index is -1.04. The molecule has 0 radical (unpaired) electrons. The number of aliphatic hydroxyl groups is 1. The van der Waals surface area contributed by atoms with Crippen LogP contribution in [0.4, 0.5) is 0 Å². The third kappa shape index (κ3) is 4.18. The Bertz CT molecular complexity index is 1020. The van der Waals surface area contributed by atoms with Gasteiger partial charge in [-0.3, -0.25) is 9.59 Å². The first kappa shape index (κ1) is 19.4. The largest absolute Gasteiger partial charge is 0.511 e. The van der Waals surface area contributed by atoms with Gasteiger partial charge in [0.2, 0.25) is 0 Å². The Labute approximate surface area is 155 Å². The first-order valence-corrected chi connectivity index (χ1v) is 7.89. The molecule has 0 amide bonds. The van der Waals surface area contributed by atoms with Crippen LogP contribution in [-0.2, 0) is 17.6 Å². The fraction of sp³-hybridized carbons (Fsp3) is 0.222. The molecule has 3 aromatic rings. The Morgan fingerprint density at radius 2 is 1.81 bits per heavy atom. The van der Waals surface area contributed by atoms with Crippen molar-refractivity contribution in [3.8, 4) is 0 Å². The van der Waals surface area contributed by atoms with Crippen LogP contribution < -0.4 is 10.6 Å². The molecule has 0 saturated heterocycles. The van der Waals surface area contributed by atoms with Gasteiger partial charge in [-0.25, -0.2) is 9.50 Å². The maximum atomic E-state index is 12.8. The molecule has 0 spiro atoms. The van der Waals surface area contributed by atoms with Crippen LogP contribution in [0.5, 0.6) is 0 Å². The van der Waals surface area contributed by atoms with Crippen LogP contribution in [0.1, 0.15) is 24.0 Å². The van der Waals surface area contributed by atoms with Crippen LogP contribution in [0.3, 0.4) is 0 Å². The quantitative estimate of drug-likeness (QED) is 0.677. The summed E-state index contributed by atoms with van der Waals surface area (Å²) in [6, 6.07) is 9.76. The number of nitrogens with zero attached hydrogens (tertiary/aromatic N) is 3. The lowest BCUT2D eigenvalue weighted by atomic mass is 10.0. The molecule has 0 saturated carbocycles. The van der Waals surface area contributed by atoms with E-state index in [4.69, 9.17) is 5.11 Å². The average Bonchev–Trinajstić information content (AvgIpc) is 3.06. The molecule has 1 aromatic carbocycles. The molecule has 8 heteroatoms. The number of fused-ring (bicyclic) bond motifs is 1. The molecule has 0 aliphatic rings. The van der Waals surface area contributed by atoms with Crippen molar-refractivity contribution in [2.45, 2.75) is 25.7 Å². The summed E-state index contributed by atoms with van der Waals surface area (Å²) in [5.74, 6) is -1.32. The molecule has 3 rings (SSSR count). The van der Waals surface area contributed by atoms with Crippen molar-refractivity contribution in [2.75, 3.05) is 0 Å². The number of hydrogen-bond donors (Lipinski definition) is 2. The van der Waals surface area contributed by atoms with Gasteiger partial charge in [-0.15, -0.1) is 12.4 Å². The number of benzene rings is 1. The van der Waals surface area contributed by atoms with Gasteiger partial charge in [-0.1, -0.05) is 30.3 Å². The number of pyridine rings is 1. The van der Waals surface area contributed by atoms with Crippen molar-refractivity contribution in [1.29, 1.82) is 0 Å². The van der Waals surface area contributed by atoms with Crippen LogP contribution >= 0.6 is 12.4 Å². The minimum absolute atomic E-state index is 0. The van der Waals surface area contributed by atoms with E-state index in [1.165, 1.54) is 10.8 Å². The fourth-order valence-electron chi connectivity index (χ4n) is 2.70. The van der Waals surface area contributed by atoms with Gasteiger partial charge in [0.25, 0.3) is 0 Å². The van der Waals surface area contributed by atoms with Crippen molar-refractivity contribution in [1.82, 2.24) is 14.6 Å². The number of halogens is 1. The van der Waals surface area contributed by atoms with Gasteiger partial charge in [0.05, 0.1) is 6.42 Å². The van der Waals surface area contributed by atoms with E-state index in [2.05, 4.69) is 10.1 Å². The summed E-state index contributed by atoms with van der Waals surface area (Å²) >= 11 is 0. The maximum Gasteiger partial charge on any atom is 0.303 e. The van der Waals surface area contributed by atoms with E-state index in [-0.39, 0.29) is 47.3 Å². The summed E-state index contributed by atoms with van der Waals surface area (Å²) in [4.78, 5) is 27.5. The molecule has 0 bridgehead atoms. The zero-order valence-electron chi connectivity index (χ0n) is 13.8. The van der Waals surface area contributed by atoms with Crippen LogP contribution in [0.25, 0.3) is 11.4 Å². The van der Waals surface area contributed by atoms with Gasteiger partial charge < -0.3 is 10.2 Å². The van der Waals surface area contributed by atoms with Gasteiger partial charge in [-0.05, 0) is 18.4 Å². The third-order valence-electron chi connectivity index (χ3n) is 3.98. The summed E-state index contributed by atoms with van der Waals surface area (Å²) in [5.41, 5.74) is 1.50. The van der Waals surface area contributed by atoms with Crippen molar-refractivity contribution < 1.29 is 15.0 Å². The second-order valence-electron chi connectivity index (χ2n) is 5.71. The molecular weight excluding hydrogens is 358 g/mol. The summed E-state index contributed by atoms with van der Waals surface area (Å²) in [6.07, 6.45) is 3.67. The highest BCUT2D eigenvalue weighted by Crippen LogP contribution is 2.06. The molecule has 0 fully saturated rings. The molecule has 2 aromatic heterocycles. The molecule has 26 heavy (non-hydrogen) atoms. The number of carbonyl (C=O) groups is 1. The zero-order chi connectivity index (χ0) is 17.8. The number of carboxylic acids is 1. The second kappa shape index (κ2) is 8.44. The lowest BCUT2D eigenvalue weighted by Crippen LogP contribution is -2.33. The van der Waals surface area contributed by atoms with Crippen LogP contribution in [-0.4, -0.2) is 30.8 Å². The summed E-state index contributed by atoms with van der Waals surface area (Å²) in [6.45, 7) is 0. The molecule has 7 nitrogen and oxygen atoms in total. The minimum Gasteiger partial charge on any atom is -0.511 e. The number of aliphatic hydroxyl groups excluding tert-OH is 1. The molecule has 136 valence electrons. The maximum absolute atomic E-state index is 12.8. The predicted molar refractivity (Wildman–Crippen MR) is 98.5 cm³/mol. The summed E-state index contributed by atoms with van der Waals surface area (Å²) in [5, 5.41) is 23.1. The normalized spacial score (nSPS) is 11.8. The van der Waals surface area contributed by atoms with E-state index in [1.54, 1.807) is 6.20 Å². The SMILES string of the molecule is Cl.O=C(O)CCC(O)=c1c(=O)c(CCc2ccccc2)cn2ncnc12. The third-order valence-corrected chi connectivity index (χ3v) is 3.98. The molecule has 0 unspecified atom stereocenters. The van der Waals surface area contributed by atoms with E-state index in [9.17, 15) is 14.7 Å². The lowest BCUT2D eigenvalue weighted by Gasteiger charge is -2.04. The van der Waals surface area contributed by atoms with Crippen molar-refractivity contribution >= 4 is 29.8 Å². The second-order valence-corrected chi connectivity index (χ2v) is 5.71. The standard InChI is InChI=1S/C18H17N3O4.ClH/c22-14(8-9-15(23)24)16-17(25)13(10-21-18(16)19-11-20-21)7-6-12-4-2-1-3-5-12;/h1-5,10-11,22H,6-9H2,(H,23,24);1H. The smallest absolute Gasteiger partial charge is 0.303 e. The topological polar surface area (TPSA) is 105 Å². The molecule has 2 N–H and O–H groups in total. The van der Waals surface area contributed by atoms with Gasteiger partial charge >= 0.3 is 5.97 Å². The highest BCUT2D eigenvalue weighted by Gasteiger charge is 2.13. The predicted octanol–water partition coefficient (Wildman–Crippen LogP) is 1.55. The molecule has 2 heterocycles. The number of carboxylic acid groups (broad SMARTS) is 1. The first-order chi connectivity index (χ1) is 12.1. The van der Waals surface area contributed by atoms with Crippen LogP contribution in [0, 0.1) is 0 Å². The van der Waals surface area contributed by atoms with Gasteiger partial charge in [0.15, 0.2) is 11.1 Å². The van der Waals surface area contributed by atoms with Gasteiger partial charge in [-0.2, -0.15) is 5.10 Å². The Kier molecular flexibility index (Phi) is 6.30. The van der Waals surface area contributed by atoms with Crippen molar-refractivity contribution in [3.63, 3.8) is 0 Å². The monoisotopic (exact) mass is 375 g/mol. The van der Waals surface area contributed by atoms with Crippen molar-refractivity contribution in [3.05, 3.63) is 69.4 Å². The fourth-order valence-corrected chi connectivity index (χ4v) is 2.70. The number of aliphatic carboxylic acids is 1. The van der Waals surface area contributed by atoms with Gasteiger partial charge in [0.1, 0.15) is 17.3 Å². The highest BCUT2D eigenvalue weighted by atomic mass is 35.5. The Morgan fingerprint density at radius 3 is 2.50 bits per heavy atom. The zero-order valence-corrected chi connectivity index (χ0v) is 14.6. The van der Waals surface area contributed by atoms with E-state index in [0.29, 0.717) is 18.4 Å². The van der Waals surface area contributed by atoms with Crippen molar-refractivity contribution in [2.24, 2.45) is 0 Å². The Balaban J connectivity index is 0.00000243. The molecular formula is C18H18ClN3O4. The number of hydrogen-bond acceptors (Lipinski definition) is 5. The average molecular weight is 376 g/mol. The first-order valence-electron chi connectivity index (χ1n) is 7.89. The Morgan fingerprint density at radius 1 is 1.08 bits per heavy atom. The van der Waals surface area contributed by atoms with Crippen LogP contribution in [0.2, 0.25) is 0 Å². The Hall–Kier alpha value is -2.93. The molecule has 0 aliphatic heterocycles. The van der Waals surface area contributed by atoms with E-state index in [1.807, 2.05) is 30.3 Å². The summed E-state index contributed by atoms with van der Waals surface area (Å²) < 4.78 is 1.44. The number of aromatic nitrogens is 3. The summed E-state index contributed by atoms with van der Waals surface area (Å²) in [7, 11) is 0. The van der Waals surface area contributed by atoms with E-state index >= 15 is 0 Å². The number of rotatable bonds is 6. The highest BCUT2D eigenvalue weighted by molar-refractivity contribution is 5.85. The lowest BCUT2D eigenvalue weighted by molar-refractivity contribution is -0.136. The molecule has 0 aliphatic carbocycles. The molecule has 0 atom stereocenters. The van der Waals surface area contributed by atoms with Crippen LogP contribution in [0.15, 0.2) is 47.7 Å². The van der Waals surface area contributed by atoms with E-state index in [0.717, 1.165) is 5.56 Å². The van der Waals surface area contributed by atoms with Gasteiger partial charge in [0, 0.05) is 18.2 Å².